The van der Waals surface area contributed by atoms with Gasteiger partial charge in [0.25, 0.3) is 0 Å². The van der Waals surface area contributed by atoms with Crippen LogP contribution in [-0.4, -0.2) is 103 Å². The smallest absolute Gasteiger partial charge is 0.233 e. The van der Waals surface area contributed by atoms with Gasteiger partial charge in [-0.15, -0.1) is 0 Å². The molecule has 0 atom stereocenters. The molecule has 0 fully saturated rings. The number of aliphatic hydroxyl groups is 4. The fraction of sp³-hybridized carbons (Fsp3) is 0.200. The molecule has 6 aromatic rings. The van der Waals surface area contributed by atoms with Crippen LogP contribution in [0.2, 0.25) is 0 Å². The van der Waals surface area contributed by atoms with E-state index in [4.69, 9.17) is 0 Å². The van der Waals surface area contributed by atoms with Crippen LogP contribution in [0.5, 0.6) is 0 Å². The zero-order chi connectivity index (χ0) is 39.0. The Morgan fingerprint density at radius 3 is 0.946 bits per heavy atom. The van der Waals surface area contributed by atoms with Gasteiger partial charge in [-0.3, -0.25) is 0 Å². The van der Waals surface area contributed by atoms with Crippen molar-refractivity contribution in [3.63, 3.8) is 0 Å². The second-order valence-corrected chi connectivity index (χ2v) is 12.2. The van der Waals surface area contributed by atoms with Crippen molar-refractivity contribution in [3.05, 3.63) is 120 Å². The first-order chi connectivity index (χ1) is 27.5. The average Bonchev–Trinajstić information content (AvgIpc) is 3.21. The third-order valence-corrected chi connectivity index (χ3v) is 8.15. The van der Waals surface area contributed by atoms with Crippen molar-refractivity contribution in [1.82, 2.24) is 29.9 Å². The van der Waals surface area contributed by atoms with E-state index >= 15 is 0 Å². The highest BCUT2D eigenvalue weighted by atomic mass is 16.3. The lowest BCUT2D eigenvalue weighted by Gasteiger charge is -2.21. The molecule has 4 aromatic carbocycles. The molecular weight excluding hydrogens is 713 g/mol. The van der Waals surface area contributed by atoms with Crippen molar-refractivity contribution in [2.45, 2.75) is 0 Å². The molecule has 0 aliphatic carbocycles. The largest absolute Gasteiger partial charge is 0.395 e. The summed E-state index contributed by atoms with van der Waals surface area (Å²) in [5.74, 6) is 1.87. The average molecular weight is 757 g/mol. The summed E-state index contributed by atoms with van der Waals surface area (Å²) in [4.78, 5) is 30.7. The minimum atomic E-state index is -0.125. The number of hydrogen-bond acceptors (Lipinski definition) is 16. The van der Waals surface area contributed by atoms with Crippen molar-refractivity contribution in [2.75, 3.05) is 83.7 Å². The van der Waals surface area contributed by atoms with Gasteiger partial charge in [0.05, 0.1) is 26.4 Å². The molecule has 16 nitrogen and oxygen atoms in total. The molecule has 0 aliphatic rings. The standard InChI is InChI=1S/C40H44N12O4/c53-25-21-51(22-26-54)39-47-35(41-31-7-3-1-4-8-31)45-37(49-39)43-33-17-13-29(14-18-33)11-12-30-15-19-34(20-16-30)44-38-46-36(42-32-9-5-2-6-10-32)48-40(50-38)52(23-27-55)24-28-56/h1-20,53-56H,21-28H2,(H2,41,43,45,47,49)(H2,42,44,46,48,50)/b12-11+. The molecule has 0 radical (unpaired) electrons. The lowest BCUT2D eigenvalue weighted by atomic mass is 10.1. The van der Waals surface area contributed by atoms with Crippen LogP contribution >= 0.6 is 0 Å². The van der Waals surface area contributed by atoms with E-state index in [1.165, 1.54) is 0 Å². The topological polar surface area (TPSA) is 213 Å². The molecule has 16 heteroatoms. The first kappa shape index (κ1) is 39.0. The summed E-state index contributed by atoms with van der Waals surface area (Å²) in [5.41, 5.74) is 5.08. The SMILES string of the molecule is OCCN(CCO)c1nc(Nc2ccccc2)nc(Nc2ccc(/C=C/c3ccc(Nc4nc(Nc5ccccc5)nc(N(CCO)CCO)n4)cc3)cc2)n1. The molecular formula is C40H44N12O4. The summed E-state index contributed by atoms with van der Waals surface area (Å²) in [6, 6.07) is 34.6. The molecule has 0 unspecified atom stereocenters. The third kappa shape index (κ3) is 11.4. The summed E-state index contributed by atoms with van der Waals surface area (Å²) in [7, 11) is 0. The van der Waals surface area contributed by atoms with E-state index in [0.717, 1.165) is 33.9 Å². The monoisotopic (exact) mass is 756 g/mol. The van der Waals surface area contributed by atoms with E-state index in [2.05, 4.69) is 51.2 Å². The van der Waals surface area contributed by atoms with E-state index in [9.17, 15) is 20.4 Å². The quantitative estimate of drug-likeness (QED) is 0.0492. The summed E-state index contributed by atoms with van der Waals surface area (Å²) in [5, 5.41) is 51.2. The van der Waals surface area contributed by atoms with Crippen molar-refractivity contribution in [1.29, 1.82) is 0 Å². The number of para-hydroxylation sites is 2. The molecule has 2 aromatic heterocycles. The summed E-state index contributed by atoms with van der Waals surface area (Å²) in [6.07, 6.45) is 4.01. The predicted molar refractivity (Wildman–Crippen MR) is 220 cm³/mol. The van der Waals surface area contributed by atoms with Crippen LogP contribution < -0.4 is 31.1 Å². The Balaban J connectivity index is 1.13. The van der Waals surface area contributed by atoms with Gasteiger partial charge in [0.2, 0.25) is 35.7 Å². The Morgan fingerprint density at radius 2 is 0.661 bits per heavy atom. The van der Waals surface area contributed by atoms with Gasteiger partial charge < -0.3 is 51.5 Å². The first-order valence-corrected chi connectivity index (χ1v) is 18.0. The van der Waals surface area contributed by atoms with Crippen LogP contribution in [0, 0.1) is 0 Å². The zero-order valence-corrected chi connectivity index (χ0v) is 30.6. The summed E-state index contributed by atoms with van der Waals surface area (Å²) in [6.45, 7) is 0.499. The van der Waals surface area contributed by atoms with Gasteiger partial charge in [-0.2, -0.15) is 29.9 Å². The van der Waals surface area contributed by atoms with Gasteiger partial charge in [0.15, 0.2) is 0 Å². The molecule has 2 heterocycles. The van der Waals surface area contributed by atoms with E-state index < -0.39 is 0 Å². The van der Waals surface area contributed by atoms with E-state index in [-0.39, 0.29) is 52.6 Å². The fourth-order valence-electron chi connectivity index (χ4n) is 5.45. The predicted octanol–water partition coefficient (Wildman–Crippen LogP) is 4.78. The van der Waals surface area contributed by atoms with Gasteiger partial charge >= 0.3 is 0 Å². The van der Waals surface area contributed by atoms with Gasteiger partial charge in [-0.05, 0) is 59.7 Å². The molecule has 56 heavy (non-hydrogen) atoms. The third-order valence-electron chi connectivity index (χ3n) is 8.15. The number of rotatable bonds is 20. The maximum absolute atomic E-state index is 9.59. The molecule has 6 rings (SSSR count). The van der Waals surface area contributed by atoms with Crippen LogP contribution in [0.4, 0.5) is 58.4 Å². The van der Waals surface area contributed by atoms with Gasteiger partial charge in [0.1, 0.15) is 0 Å². The maximum atomic E-state index is 9.59. The molecule has 288 valence electrons. The second kappa shape index (κ2) is 20.1. The Kier molecular flexibility index (Phi) is 14.0. The maximum Gasteiger partial charge on any atom is 0.233 e. The highest BCUT2D eigenvalue weighted by Gasteiger charge is 2.16. The highest BCUT2D eigenvalue weighted by Crippen LogP contribution is 2.23. The molecule has 0 saturated carbocycles. The Hall–Kier alpha value is -6.72. The molecule has 0 amide bonds. The lowest BCUT2D eigenvalue weighted by Crippen LogP contribution is -2.31. The zero-order valence-electron chi connectivity index (χ0n) is 30.6. The van der Waals surface area contributed by atoms with Gasteiger partial charge in [-0.25, -0.2) is 0 Å². The summed E-state index contributed by atoms with van der Waals surface area (Å²) < 4.78 is 0. The second-order valence-electron chi connectivity index (χ2n) is 12.2. The number of anilines is 10. The van der Waals surface area contributed by atoms with E-state index in [1.807, 2.05) is 121 Å². The van der Waals surface area contributed by atoms with Gasteiger partial charge in [0, 0.05) is 48.9 Å². The number of benzene rings is 4. The van der Waals surface area contributed by atoms with E-state index in [0.29, 0.717) is 35.7 Å². The minimum absolute atomic E-state index is 0.125. The Bertz CT molecular complexity index is 1960. The van der Waals surface area contributed by atoms with Crippen LogP contribution in [0.1, 0.15) is 11.1 Å². The van der Waals surface area contributed by atoms with E-state index in [1.54, 1.807) is 9.80 Å². The number of nitrogens with zero attached hydrogens (tertiary/aromatic N) is 8. The molecule has 0 saturated heterocycles. The Morgan fingerprint density at radius 1 is 0.375 bits per heavy atom. The Labute approximate surface area is 324 Å². The summed E-state index contributed by atoms with van der Waals surface area (Å²) >= 11 is 0. The molecule has 0 aliphatic heterocycles. The number of aliphatic hydroxyl groups excluding tert-OH is 4. The van der Waals surface area contributed by atoms with Crippen LogP contribution in [0.15, 0.2) is 109 Å². The number of nitrogens with one attached hydrogen (secondary N) is 4. The van der Waals surface area contributed by atoms with Crippen molar-refractivity contribution in [2.24, 2.45) is 0 Å². The van der Waals surface area contributed by atoms with Gasteiger partial charge in [-0.1, -0.05) is 72.8 Å². The van der Waals surface area contributed by atoms with Crippen LogP contribution in [-0.2, 0) is 0 Å². The fourth-order valence-corrected chi connectivity index (χ4v) is 5.45. The number of hydrogen-bond donors (Lipinski definition) is 8. The lowest BCUT2D eigenvalue weighted by molar-refractivity contribution is 0.279. The normalized spacial score (nSPS) is 11.0. The van der Waals surface area contributed by atoms with Crippen molar-refractivity contribution in [3.8, 4) is 0 Å². The minimum Gasteiger partial charge on any atom is -0.395 e. The van der Waals surface area contributed by atoms with Crippen LogP contribution in [0.25, 0.3) is 12.2 Å². The van der Waals surface area contributed by atoms with Crippen molar-refractivity contribution >= 4 is 70.6 Å². The first-order valence-electron chi connectivity index (χ1n) is 18.0. The number of aromatic nitrogens is 6. The molecule has 0 spiro atoms. The van der Waals surface area contributed by atoms with Crippen LogP contribution in [0.3, 0.4) is 0 Å². The van der Waals surface area contributed by atoms with Crippen molar-refractivity contribution < 1.29 is 20.4 Å². The molecule has 0 bridgehead atoms. The molecule has 8 N–H and O–H groups in total. The highest BCUT2D eigenvalue weighted by molar-refractivity contribution is 5.72.